The minimum absolute atomic E-state index is 0.167. The fourth-order valence-electron chi connectivity index (χ4n) is 2.23. The van der Waals surface area contributed by atoms with Gasteiger partial charge in [-0.2, -0.15) is 0 Å². The largest absolute Gasteiger partial charge is 0.504 e. The summed E-state index contributed by atoms with van der Waals surface area (Å²) in [6.45, 7) is 1.97. The van der Waals surface area contributed by atoms with Crippen LogP contribution in [0.5, 0.6) is 11.5 Å². The standard InChI is InChI=1S/C14H21NO3/c1-18-13-8-11(2-3-12(13)17)9-15-10-14(4-5-14)6-7-16/h2-3,8,15-17H,4-7,9-10H2,1H3. The van der Waals surface area contributed by atoms with Crippen LogP contribution in [-0.2, 0) is 6.54 Å². The van der Waals surface area contributed by atoms with E-state index in [2.05, 4.69) is 5.32 Å². The van der Waals surface area contributed by atoms with Crippen molar-refractivity contribution in [2.75, 3.05) is 20.3 Å². The van der Waals surface area contributed by atoms with Gasteiger partial charge in [0.1, 0.15) is 0 Å². The maximum Gasteiger partial charge on any atom is 0.160 e. The summed E-state index contributed by atoms with van der Waals surface area (Å²) in [4.78, 5) is 0. The van der Waals surface area contributed by atoms with Crippen molar-refractivity contribution in [3.8, 4) is 11.5 Å². The van der Waals surface area contributed by atoms with Crippen molar-refractivity contribution < 1.29 is 14.9 Å². The number of benzene rings is 1. The quantitative estimate of drug-likeness (QED) is 0.689. The molecule has 0 bridgehead atoms. The maximum absolute atomic E-state index is 9.50. The molecule has 2 rings (SSSR count). The molecular formula is C14H21NO3. The van der Waals surface area contributed by atoms with Gasteiger partial charge in [0.2, 0.25) is 0 Å². The number of phenolic OH excluding ortho intramolecular Hbond substituents is 1. The Balaban J connectivity index is 1.83. The normalized spacial score (nSPS) is 16.6. The molecule has 0 heterocycles. The smallest absolute Gasteiger partial charge is 0.160 e. The number of phenols is 1. The van der Waals surface area contributed by atoms with E-state index in [-0.39, 0.29) is 12.4 Å². The minimum atomic E-state index is 0.167. The Kier molecular flexibility index (Phi) is 4.09. The number of rotatable bonds is 7. The van der Waals surface area contributed by atoms with Gasteiger partial charge in [0.05, 0.1) is 7.11 Å². The second kappa shape index (κ2) is 5.59. The van der Waals surface area contributed by atoms with Crippen LogP contribution in [0, 0.1) is 5.41 Å². The first kappa shape index (κ1) is 13.2. The van der Waals surface area contributed by atoms with Crippen LogP contribution in [-0.4, -0.2) is 30.5 Å². The number of aromatic hydroxyl groups is 1. The molecule has 1 saturated carbocycles. The molecule has 3 N–H and O–H groups in total. The lowest BCUT2D eigenvalue weighted by Gasteiger charge is -2.15. The second-order valence-corrected chi connectivity index (χ2v) is 5.08. The summed E-state index contributed by atoms with van der Waals surface area (Å²) >= 11 is 0. The van der Waals surface area contributed by atoms with Crippen molar-refractivity contribution in [1.29, 1.82) is 0 Å². The van der Waals surface area contributed by atoms with Crippen molar-refractivity contribution in [3.63, 3.8) is 0 Å². The summed E-state index contributed by atoms with van der Waals surface area (Å²) in [5.74, 6) is 0.672. The highest BCUT2D eigenvalue weighted by Crippen LogP contribution is 2.47. The highest BCUT2D eigenvalue weighted by atomic mass is 16.5. The molecule has 0 aliphatic heterocycles. The number of aliphatic hydroxyl groups is 1. The highest BCUT2D eigenvalue weighted by molar-refractivity contribution is 5.41. The number of aliphatic hydroxyl groups excluding tert-OH is 1. The lowest BCUT2D eigenvalue weighted by molar-refractivity contribution is 0.245. The molecule has 0 aromatic heterocycles. The Bertz CT molecular complexity index is 402. The molecule has 100 valence electrons. The number of hydrogen-bond donors (Lipinski definition) is 3. The Labute approximate surface area is 108 Å². The van der Waals surface area contributed by atoms with Gasteiger partial charge in [-0.05, 0) is 42.4 Å². The van der Waals surface area contributed by atoms with Crippen molar-refractivity contribution in [2.45, 2.75) is 25.8 Å². The number of nitrogens with one attached hydrogen (secondary N) is 1. The Morgan fingerprint density at radius 3 is 2.78 bits per heavy atom. The van der Waals surface area contributed by atoms with Gasteiger partial charge in [-0.25, -0.2) is 0 Å². The van der Waals surface area contributed by atoms with Gasteiger partial charge >= 0.3 is 0 Å². The van der Waals surface area contributed by atoms with E-state index in [0.29, 0.717) is 11.2 Å². The molecule has 4 heteroatoms. The van der Waals surface area contributed by atoms with Crippen LogP contribution in [0.3, 0.4) is 0 Å². The van der Waals surface area contributed by atoms with Gasteiger partial charge in [0.15, 0.2) is 11.5 Å². The van der Waals surface area contributed by atoms with Gasteiger partial charge in [-0.1, -0.05) is 6.07 Å². The van der Waals surface area contributed by atoms with Gasteiger partial charge < -0.3 is 20.3 Å². The van der Waals surface area contributed by atoms with E-state index in [9.17, 15) is 5.11 Å². The number of methoxy groups -OCH3 is 1. The number of hydrogen-bond acceptors (Lipinski definition) is 4. The van der Waals surface area contributed by atoms with Crippen LogP contribution in [0.25, 0.3) is 0 Å². The zero-order valence-corrected chi connectivity index (χ0v) is 10.8. The molecule has 1 fully saturated rings. The predicted octanol–water partition coefficient (Wildman–Crippen LogP) is 1.65. The molecule has 0 amide bonds. The van der Waals surface area contributed by atoms with Gasteiger partial charge in [0.25, 0.3) is 0 Å². The average molecular weight is 251 g/mol. The lowest BCUT2D eigenvalue weighted by atomic mass is 10.0. The number of ether oxygens (including phenoxy) is 1. The van der Waals surface area contributed by atoms with Crippen LogP contribution in [0.2, 0.25) is 0 Å². The molecule has 0 spiro atoms. The Morgan fingerprint density at radius 2 is 2.17 bits per heavy atom. The monoisotopic (exact) mass is 251 g/mol. The highest BCUT2D eigenvalue weighted by Gasteiger charge is 2.41. The van der Waals surface area contributed by atoms with E-state index in [0.717, 1.165) is 25.1 Å². The molecule has 0 radical (unpaired) electrons. The zero-order chi connectivity index (χ0) is 13.0. The van der Waals surface area contributed by atoms with E-state index < -0.39 is 0 Å². The molecule has 4 nitrogen and oxygen atoms in total. The van der Waals surface area contributed by atoms with Crippen molar-refractivity contribution in [1.82, 2.24) is 5.32 Å². The summed E-state index contributed by atoms with van der Waals surface area (Å²) in [5.41, 5.74) is 1.42. The molecule has 18 heavy (non-hydrogen) atoms. The molecule has 1 aliphatic rings. The fourth-order valence-corrected chi connectivity index (χ4v) is 2.23. The summed E-state index contributed by atoms with van der Waals surface area (Å²) in [6.07, 6.45) is 3.30. The van der Waals surface area contributed by atoms with Crippen LogP contribution in [0.1, 0.15) is 24.8 Å². The first-order chi connectivity index (χ1) is 8.69. The van der Waals surface area contributed by atoms with E-state index in [4.69, 9.17) is 9.84 Å². The van der Waals surface area contributed by atoms with Crippen LogP contribution >= 0.6 is 0 Å². The van der Waals surface area contributed by atoms with Gasteiger partial charge in [-0.15, -0.1) is 0 Å². The average Bonchev–Trinajstić information content (AvgIpc) is 3.12. The summed E-state index contributed by atoms with van der Waals surface area (Å²) in [5, 5.41) is 21.9. The second-order valence-electron chi connectivity index (χ2n) is 5.08. The molecule has 0 unspecified atom stereocenters. The van der Waals surface area contributed by atoms with E-state index in [1.807, 2.05) is 12.1 Å². The third-order valence-corrected chi connectivity index (χ3v) is 3.67. The first-order valence-corrected chi connectivity index (χ1v) is 6.37. The Morgan fingerprint density at radius 1 is 1.39 bits per heavy atom. The molecule has 1 aliphatic carbocycles. The molecule has 1 aromatic carbocycles. The molecule has 0 atom stereocenters. The molecule has 1 aromatic rings. The third kappa shape index (κ3) is 3.15. The summed E-state index contributed by atoms with van der Waals surface area (Å²) in [6, 6.07) is 5.38. The topological polar surface area (TPSA) is 61.7 Å². The van der Waals surface area contributed by atoms with Crippen LogP contribution in [0.15, 0.2) is 18.2 Å². The van der Waals surface area contributed by atoms with Crippen molar-refractivity contribution >= 4 is 0 Å². The van der Waals surface area contributed by atoms with E-state index >= 15 is 0 Å². The summed E-state index contributed by atoms with van der Waals surface area (Å²) in [7, 11) is 1.55. The fraction of sp³-hybridized carbons (Fsp3) is 0.571. The maximum atomic E-state index is 9.50. The third-order valence-electron chi connectivity index (χ3n) is 3.67. The zero-order valence-electron chi connectivity index (χ0n) is 10.8. The predicted molar refractivity (Wildman–Crippen MR) is 69.7 cm³/mol. The van der Waals surface area contributed by atoms with E-state index in [1.54, 1.807) is 13.2 Å². The van der Waals surface area contributed by atoms with Crippen molar-refractivity contribution in [2.24, 2.45) is 5.41 Å². The lowest BCUT2D eigenvalue weighted by Crippen LogP contribution is -2.24. The van der Waals surface area contributed by atoms with Crippen LogP contribution < -0.4 is 10.1 Å². The minimum Gasteiger partial charge on any atom is -0.504 e. The first-order valence-electron chi connectivity index (χ1n) is 6.37. The molecular weight excluding hydrogens is 230 g/mol. The Hall–Kier alpha value is -1.26. The van der Waals surface area contributed by atoms with Crippen LogP contribution in [0.4, 0.5) is 0 Å². The summed E-state index contributed by atoms with van der Waals surface area (Å²) < 4.78 is 5.07. The van der Waals surface area contributed by atoms with E-state index in [1.165, 1.54) is 12.8 Å². The van der Waals surface area contributed by atoms with Gasteiger partial charge in [-0.3, -0.25) is 0 Å². The molecule has 0 saturated heterocycles. The van der Waals surface area contributed by atoms with Crippen molar-refractivity contribution in [3.05, 3.63) is 23.8 Å². The SMILES string of the molecule is COc1cc(CNCC2(CCO)CC2)ccc1O. The van der Waals surface area contributed by atoms with Gasteiger partial charge in [0, 0.05) is 19.7 Å².